The zero-order valence-corrected chi connectivity index (χ0v) is 18.3. The third-order valence-corrected chi connectivity index (χ3v) is 6.29. The Morgan fingerprint density at radius 3 is 2.22 bits per heavy atom. The molecule has 3 aromatic rings. The van der Waals surface area contributed by atoms with E-state index in [1.165, 1.54) is 24.3 Å². The number of piperazine rings is 1. The minimum atomic E-state index is -3.79. The number of amides is 1. The standard InChI is InChI=1S/C22H23N5O4S/c1-31-18-6-2-16(3-7-18)20-14-21(25-15-24-20)26-10-12-27(13-11-26)22(28)17-4-8-19(9-5-17)32(23,29)30/h2-9,14-15H,10-13H2,1H3,(H2,23,29,30). The molecule has 0 saturated carbocycles. The quantitative estimate of drug-likeness (QED) is 0.625. The molecule has 0 spiro atoms. The summed E-state index contributed by atoms with van der Waals surface area (Å²) in [5.74, 6) is 1.44. The molecule has 0 unspecified atom stereocenters. The SMILES string of the molecule is COc1ccc(-c2cc(N3CCN(C(=O)c4ccc(S(N)(=O)=O)cc4)CC3)ncn2)cc1. The smallest absolute Gasteiger partial charge is 0.253 e. The Morgan fingerprint density at radius 1 is 0.969 bits per heavy atom. The molecule has 2 N–H and O–H groups in total. The number of sulfonamides is 1. The lowest BCUT2D eigenvalue weighted by Crippen LogP contribution is -2.49. The van der Waals surface area contributed by atoms with Gasteiger partial charge < -0.3 is 14.5 Å². The van der Waals surface area contributed by atoms with Gasteiger partial charge in [0, 0.05) is 43.4 Å². The van der Waals surface area contributed by atoms with Gasteiger partial charge in [0.05, 0.1) is 17.7 Å². The third-order valence-electron chi connectivity index (χ3n) is 5.36. The summed E-state index contributed by atoms with van der Waals surface area (Å²) in [5.41, 5.74) is 2.20. The van der Waals surface area contributed by atoms with Crippen molar-refractivity contribution in [3.05, 3.63) is 66.5 Å². The first-order valence-corrected chi connectivity index (χ1v) is 11.5. The molecule has 2 aromatic carbocycles. The number of aromatic nitrogens is 2. The van der Waals surface area contributed by atoms with Crippen LogP contribution in [0.2, 0.25) is 0 Å². The molecular formula is C22H23N5O4S. The first kappa shape index (κ1) is 21.7. The summed E-state index contributed by atoms with van der Waals surface area (Å²) in [6, 6.07) is 15.3. The van der Waals surface area contributed by atoms with Crippen LogP contribution in [-0.4, -0.2) is 62.5 Å². The average Bonchev–Trinajstić information content (AvgIpc) is 2.83. The van der Waals surface area contributed by atoms with E-state index in [-0.39, 0.29) is 10.8 Å². The van der Waals surface area contributed by atoms with Crippen LogP contribution in [0.15, 0.2) is 65.8 Å². The molecule has 4 rings (SSSR count). The van der Waals surface area contributed by atoms with Crippen LogP contribution in [0.25, 0.3) is 11.3 Å². The van der Waals surface area contributed by atoms with Crippen molar-refractivity contribution < 1.29 is 17.9 Å². The van der Waals surface area contributed by atoms with Gasteiger partial charge in [-0.05, 0) is 48.5 Å². The lowest BCUT2D eigenvalue weighted by molar-refractivity contribution is 0.0746. The number of hydrogen-bond acceptors (Lipinski definition) is 7. The van der Waals surface area contributed by atoms with Crippen LogP contribution < -0.4 is 14.8 Å². The van der Waals surface area contributed by atoms with Gasteiger partial charge in [-0.15, -0.1) is 0 Å². The fourth-order valence-electron chi connectivity index (χ4n) is 3.55. The van der Waals surface area contributed by atoms with E-state index < -0.39 is 10.0 Å². The number of hydrogen-bond donors (Lipinski definition) is 1. The molecule has 1 fully saturated rings. The maximum atomic E-state index is 12.8. The fourth-order valence-corrected chi connectivity index (χ4v) is 4.06. The van der Waals surface area contributed by atoms with Gasteiger partial charge in [-0.3, -0.25) is 4.79 Å². The molecule has 1 aliphatic heterocycles. The van der Waals surface area contributed by atoms with Crippen molar-refractivity contribution in [2.75, 3.05) is 38.2 Å². The molecule has 0 bridgehead atoms. The predicted molar refractivity (Wildman–Crippen MR) is 120 cm³/mol. The molecule has 32 heavy (non-hydrogen) atoms. The van der Waals surface area contributed by atoms with Gasteiger partial charge in [0.15, 0.2) is 0 Å². The van der Waals surface area contributed by atoms with Crippen molar-refractivity contribution in [2.45, 2.75) is 4.90 Å². The first-order valence-electron chi connectivity index (χ1n) is 9.99. The Balaban J connectivity index is 1.41. The number of methoxy groups -OCH3 is 1. The molecule has 9 nitrogen and oxygen atoms in total. The molecule has 166 valence electrons. The van der Waals surface area contributed by atoms with Crippen molar-refractivity contribution >= 4 is 21.7 Å². The number of benzene rings is 2. The van der Waals surface area contributed by atoms with Crippen molar-refractivity contribution in [1.29, 1.82) is 0 Å². The van der Waals surface area contributed by atoms with Gasteiger partial charge >= 0.3 is 0 Å². The van der Waals surface area contributed by atoms with Crippen molar-refractivity contribution in [2.24, 2.45) is 5.14 Å². The van der Waals surface area contributed by atoms with Gasteiger partial charge in [0.25, 0.3) is 5.91 Å². The Bertz CT molecular complexity index is 1210. The van der Waals surface area contributed by atoms with Crippen LogP contribution in [0.3, 0.4) is 0 Å². The topological polar surface area (TPSA) is 119 Å². The number of carbonyl (C=O) groups excluding carboxylic acids is 1. The van der Waals surface area contributed by atoms with Crippen LogP contribution in [0.5, 0.6) is 5.75 Å². The van der Waals surface area contributed by atoms with Gasteiger partial charge in [-0.2, -0.15) is 0 Å². The molecule has 1 saturated heterocycles. The summed E-state index contributed by atoms with van der Waals surface area (Å²) in [4.78, 5) is 25.4. The number of nitrogens with two attached hydrogens (primary N) is 1. The van der Waals surface area contributed by atoms with E-state index in [2.05, 4.69) is 14.9 Å². The van der Waals surface area contributed by atoms with Crippen LogP contribution in [0.1, 0.15) is 10.4 Å². The van der Waals surface area contributed by atoms with E-state index in [0.717, 1.165) is 22.8 Å². The summed E-state index contributed by atoms with van der Waals surface area (Å²) < 4.78 is 28.0. The molecular weight excluding hydrogens is 430 g/mol. The average molecular weight is 454 g/mol. The number of carbonyl (C=O) groups is 1. The first-order chi connectivity index (χ1) is 15.3. The molecule has 2 heterocycles. The van der Waals surface area contributed by atoms with Gasteiger partial charge in [-0.25, -0.2) is 23.5 Å². The highest BCUT2D eigenvalue weighted by Crippen LogP contribution is 2.24. The Kier molecular flexibility index (Phi) is 6.06. The molecule has 1 aromatic heterocycles. The van der Waals surface area contributed by atoms with Crippen LogP contribution in [-0.2, 0) is 10.0 Å². The van der Waals surface area contributed by atoms with Crippen LogP contribution in [0.4, 0.5) is 5.82 Å². The summed E-state index contributed by atoms with van der Waals surface area (Å²) in [7, 11) is -2.16. The van der Waals surface area contributed by atoms with E-state index in [9.17, 15) is 13.2 Å². The van der Waals surface area contributed by atoms with Gasteiger partial charge in [0.1, 0.15) is 17.9 Å². The Hall–Kier alpha value is -3.50. The maximum absolute atomic E-state index is 12.8. The molecule has 1 amide bonds. The largest absolute Gasteiger partial charge is 0.497 e. The molecule has 1 aliphatic rings. The van der Waals surface area contributed by atoms with Gasteiger partial charge in [0.2, 0.25) is 10.0 Å². The Labute approximate surface area is 186 Å². The normalized spacial score (nSPS) is 14.3. The zero-order chi connectivity index (χ0) is 22.7. The summed E-state index contributed by atoms with van der Waals surface area (Å²) in [5, 5.41) is 5.11. The molecule has 0 atom stereocenters. The van der Waals surface area contributed by atoms with Crippen LogP contribution >= 0.6 is 0 Å². The van der Waals surface area contributed by atoms with E-state index in [4.69, 9.17) is 9.88 Å². The monoisotopic (exact) mass is 453 g/mol. The summed E-state index contributed by atoms with van der Waals surface area (Å²) in [6.45, 7) is 2.30. The maximum Gasteiger partial charge on any atom is 0.253 e. The highest BCUT2D eigenvalue weighted by atomic mass is 32.2. The van der Waals surface area contributed by atoms with E-state index in [0.29, 0.717) is 31.7 Å². The minimum absolute atomic E-state index is 0.0182. The van der Waals surface area contributed by atoms with E-state index >= 15 is 0 Å². The highest BCUT2D eigenvalue weighted by molar-refractivity contribution is 7.89. The minimum Gasteiger partial charge on any atom is -0.497 e. The Morgan fingerprint density at radius 2 is 1.62 bits per heavy atom. The number of primary sulfonamides is 1. The fraction of sp³-hybridized carbons (Fsp3) is 0.227. The summed E-state index contributed by atoms with van der Waals surface area (Å²) in [6.07, 6.45) is 1.54. The van der Waals surface area contributed by atoms with Crippen molar-refractivity contribution in [3.8, 4) is 17.0 Å². The zero-order valence-electron chi connectivity index (χ0n) is 17.5. The lowest BCUT2D eigenvalue weighted by atomic mass is 10.1. The second kappa shape index (κ2) is 8.93. The predicted octanol–water partition coefficient (Wildman–Crippen LogP) is 1.76. The van der Waals surface area contributed by atoms with Gasteiger partial charge in [-0.1, -0.05) is 0 Å². The van der Waals surface area contributed by atoms with E-state index in [1.54, 1.807) is 18.3 Å². The second-order valence-corrected chi connectivity index (χ2v) is 8.90. The summed E-state index contributed by atoms with van der Waals surface area (Å²) >= 11 is 0. The number of anilines is 1. The second-order valence-electron chi connectivity index (χ2n) is 7.34. The third kappa shape index (κ3) is 4.71. The number of nitrogens with zero attached hydrogens (tertiary/aromatic N) is 4. The van der Waals surface area contributed by atoms with E-state index in [1.807, 2.05) is 30.3 Å². The van der Waals surface area contributed by atoms with Crippen molar-refractivity contribution in [3.63, 3.8) is 0 Å². The molecule has 0 radical (unpaired) electrons. The molecule has 10 heteroatoms. The lowest BCUT2D eigenvalue weighted by Gasteiger charge is -2.35. The number of ether oxygens (including phenoxy) is 1. The van der Waals surface area contributed by atoms with Crippen molar-refractivity contribution in [1.82, 2.24) is 14.9 Å². The number of rotatable bonds is 5. The highest BCUT2D eigenvalue weighted by Gasteiger charge is 2.23. The molecule has 0 aliphatic carbocycles. The van der Waals surface area contributed by atoms with Crippen LogP contribution in [0, 0.1) is 0 Å².